The van der Waals surface area contributed by atoms with E-state index < -0.39 is 0 Å². The summed E-state index contributed by atoms with van der Waals surface area (Å²) in [6.07, 6.45) is 6.88. The molecule has 0 bridgehead atoms. The summed E-state index contributed by atoms with van der Waals surface area (Å²) in [5, 5.41) is 9.32. The van der Waals surface area contributed by atoms with Gasteiger partial charge in [-0.1, -0.05) is 17.7 Å². The zero-order valence-corrected chi connectivity index (χ0v) is 13.2. The number of aromatic nitrogens is 1. The fraction of sp³-hybridized carbons (Fsp3) is 0.588. The highest BCUT2D eigenvalue weighted by atomic mass is 16.3. The molecule has 116 valence electrons. The Morgan fingerprint density at radius 2 is 2.29 bits per heavy atom. The third-order valence-corrected chi connectivity index (χ3v) is 4.01. The second-order valence-electron chi connectivity index (χ2n) is 6.04. The maximum atomic E-state index is 9.32. The van der Waals surface area contributed by atoms with Gasteiger partial charge in [-0.25, -0.2) is 0 Å². The molecule has 0 spiro atoms. The van der Waals surface area contributed by atoms with Crippen molar-refractivity contribution >= 4 is 0 Å². The summed E-state index contributed by atoms with van der Waals surface area (Å²) in [7, 11) is 0. The molecule has 2 rings (SSSR count). The molecule has 1 aliphatic rings. The van der Waals surface area contributed by atoms with E-state index in [-0.39, 0.29) is 6.61 Å². The van der Waals surface area contributed by atoms with Crippen LogP contribution in [0.15, 0.2) is 36.2 Å². The molecule has 1 aliphatic heterocycles. The van der Waals surface area contributed by atoms with Crippen LogP contribution in [0.5, 0.6) is 0 Å². The first-order valence-electron chi connectivity index (χ1n) is 7.78. The van der Waals surface area contributed by atoms with Gasteiger partial charge in [0.25, 0.3) is 0 Å². The van der Waals surface area contributed by atoms with Gasteiger partial charge < -0.3 is 5.11 Å². The third-order valence-electron chi connectivity index (χ3n) is 4.01. The molecule has 4 heteroatoms. The lowest BCUT2D eigenvalue weighted by Crippen LogP contribution is -2.53. The SMILES string of the molecule is CC(C)=CCN1CCN(Cc2cccnc2)CC1CCO. The number of piperazine rings is 1. The second kappa shape index (κ2) is 8.27. The van der Waals surface area contributed by atoms with Gasteiger partial charge in [0.1, 0.15) is 0 Å². The average Bonchev–Trinajstić information content (AvgIpc) is 2.48. The Balaban J connectivity index is 1.92. The number of allylic oxidation sites excluding steroid dienone is 1. The third kappa shape index (κ3) is 5.23. The minimum absolute atomic E-state index is 0.261. The highest BCUT2D eigenvalue weighted by Gasteiger charge is 2.25. The summed E-state index contributed by atoms with van der Waals surface area (Å²) in [6.45, 7) is 9.64. The molecular formula is C17H27N3O. The maximum absolute atomic E-state index is 9.32. The molecule has 21 heavy (non-hydrogen) atoms. The van der Waals surface area contributed by atoms with Crippen LogP contribution in [0.3, 0.4) is 0 Å². The molecule has 1 saturated heterocycles. The van der Waals surface area contributed by atoms with Crippen LogP contribution < -0.4 is 0 Å². The first-order valence-corrected chi connectivity index (χ1v) is 7.78. The predicted octanol–water partition coefficient (Wildman–Crippen LogP) is 1.92. The van der Waals surface area contributed by atoms with E-state index in [0.29, 0.717) is 6.04 Å². The minimum Gasteiger partial charge on any atom is -0.396 e. The molecule has 1 fully saturated rings. The standard InChI is InChI=1S/C17H27N3O/c1-15(2)5-8-20-10-9-19(14-17(20)6-11-21)13-16-4-3-7-18-12-16/h3-5,7,12,17,21H,6,8-11,13-14H2,1-2H3. The Hall–Kier alpha value is -1.23. The molecule has 4 nitrogen and oxygen atoms in total. The summed E-state index contributed by atoms with van der Waals surface area (Å²) in [4.78, 5) is 9.14. The van der Waals surface area contributed by atoms with Crippen LogP contribution in [0, 0.1) is 0 Å². The van der Waals surface area contributed by atoms with Crippen molar-refractivity contribution in [3.05, 3.63) is 41.7 Å². The quantitative estimate of drug-likeness (QED) is 0.812. The van der Waals surface area contributed by atoms with E-state index in [1.807, 2.05) is 18.5 Å². The summed E-state index contributed by atoms with van der Waals surface area (Å²) >= 11 is 0. The molecule has 0 saturated carbocycles. The first kappa shape index (κ1) is 16.1. The van der Waals surface area contributed by atoms with Gasteiger partial charge in [-0.05, 0) is 31.9 Å². The minimum atomic E-state index is 0.261. The Labute approximate surface area is 128 Å². The number of aliphatic hydroxyl groups excluding tert-OH is 1. The molecule has 1 aromatic heterocycles. The van der Waals surface area contributed by atoms with Gasteiger partial charge in [-0.15, -0.1) is 0 Å². The lowest BCUT2D eigenvalue weighted by molar-refractivity contribution is 0.0636. The number of aliphatic hydroxyl groups is 1. The Morgan fingerprint density at radius 3 is 2.95 bits per heavy atom. The molecule has 0 aliphatic carbocycles. The normalized spacial score (nSPS) is 20.4. The second-order valence-corrected chi connectivity index (χ2v) is 6.04. The van der Waals surface area contributed by atoms with Crippen molar-refractivity contribution in [2.75, 3.05) is 32.8 Å². The number of hydrogen-bond donors (Lipinski definition) is 1. The van der Waals surface area contributed by atoms with Crippen LogP contribution in [-0.2, 0) is 6.54 Å². The molecule has 0 amide bonds. The van der Waals surface area contributed by atoms with E-state index in [9.17, 15) is 5.11 Å². The lowest BCUT2D eigenvalue weighted by Gasteiger charge is -2.41. The summed E-state index contributed by atoms with van der Waals surface area (Å²) in [5.74, 6) is 0. The zero-order valence-electron chi connectivity index (χ0n) is 13.2. The van der Waals surface area contributed by atoms with Gasteiger partial charge in [-0.3, -0.25) is 14.8 Å². The van der Waals surface area contributed by atoms with Crippen molar-refractivity contribution in [1.82, 2.24) is 14.8 Å². The maximum Gasteiger partial charge on any atom is 0.0446 e. The molecule has 1 N–H and O–H groups in total. The fourth-order valence-corrected chi connectivity index (χ4v) is 2.81. The summed E-state index contributed by atoms with van der Waals surface area (Å²) in [6, 6.07) is 4.56. The average molecular weight is 289 g/mol. The van der Waals surface area contributed by atoms with E-state index in [1.54, 1.807) is 0 Å². The van der Waals surface area contributed by atoms with Crippen molar-refractivity contribution in [2.45, 2.75) is 32.9 Å². The largest absolute Gasteiger partial charge is 0.396 e. The van der Waals surface area contributed by atoms with Gasteiger partial charge in [0.15, 0.2) is 0 Å². The van der Waals surface area contributed by atoms with Gasteiger partial charge in [0.2, 0.25) is 0 Å². The van der Waals surface area contributed by atoms with Crippen LogP contribution in [0.1, 0.15) is 25.8 Å². The predicted molar refractivity (Wildman–Crippen MR) is 86.0 cm³/mol. The van der Waals surface area contributed by atoms with Crippen molar-refractivity contribution < 1.29 is 5.11 Å². The van der Waals surface area contributed by atoms with Gasteiger partial charge >= 0.3 is 0 Å². The van der Waals surface area contributed by atoms with Crippen molar-refractivity contribution in [3.8, 4) is 0 Å². The highest BCUT2D eigenvalue weighted by molar-refractivity contribution is 5.08. The van der Waals surface area contributed by atoms with Gasteiger partial charge in [-0.2, -0.15) is 0 Å². The molecule has 0 radical (unpaired) electrons. The molecule has 1 aromatic rings. The number of hydrogen-bond acceptors (Lipinski definition) is 4. The Morgan fingerprint density at radius 1 is 1.43 bits per heavy atom. The van der Waals surface area contributed by atoms with Crippen LogP contribution in [0.2, 0.25) is 0 Å². The van der Waals surface area contributed by atoms with Crippen LogP contribution in [0.4, 0.5) is 0 Å². The molecule has 1 unspecified atom stereocenters. The zero-order chi connectivity index (χ0) is 15.1. The first-order chi connectivity index (χ1) is 10.2. The van der Waals surface area contributed by atoms with Crippen molar-refractivity contribution in [1.29, 1.82) is 0 Å². The van der Waals surface area contributed by atoms with Crippen LogP contribution in [-0.4, -0.2) is 58.7 Å². The monoisotopic (exact) mass is 289 g/mol. The van der Waals surface area contributed by atoms with E-state index in [2.05, 4.69) is 40.8 Å². The lowest BCUT2D eigenvalue weighted by atomic mass is 10.1. The van der Waals surface area contributed by atoms with Crippen molar-refractivity contribution in [2.24, 2.45) is 0 Å². The van der Waals surface area contributed by atoms with Gasteiger partial charge in [0.05, 0.1) is 0 Å². The summed E-state index contributed by atoms with van der Waals surface area (Å²) < 4.78 is 0. The number of nitrogens with zero attached hydrogens (tertiary/aromatic N) is 3. The molecule has 2 heterocycles. The Kier molecular flexibility index (Phi) is 6.36. The molecule has 1 atom stereocenters. The smallest absolute Gasteiger partial charge is 0.0446 e. The highest BCUT2D eigenvalue weighted by Crippen LogP contribution is 2.15. The van der Waals surface area contributed by atoms with Crippen LogP contribution >= 0.6 is 0 Å². The van der Waals surface area contributed by atoms with E-state index in [4.69, 9.17) is 0 Å². The molecular weight excluding hydrogens is 262 g/mol. The number of pyridine rings is 1. The van der Waals surface area contributed by atoms with E-state index in [0.717, 1.165) is 39.1 Å². The van der Waals surface area contributed by atoms with Crippen molar-refractivity contribution in [3.63, 3.8) is 0 Å². The fourth-order valence-electron chi connectivity index (χ4n) is 2.81. The Bertz CT molecular complexity index is 443. The summed E-state index contributed by atoms with van der Waals surface area (Å²) in [5.41, 5.74) is 2.62. The topological polar surface area (TPSA) is 39.6 Å². The van der Waals surface area contributed by atoms with E-state index >= 15 is 0 Å². The van der Waals surface area contributed by atoms with E-state index in [1.165, 1.54) is 11.1 Å². The molecule has 0 aromatic carbocycles. The van der Waals surface area contributed by atoms with Gasteiger partial charge in [0, 0.05) is 57.8 Å². The van der Waals surface area contributed by atoms with Crippen LogP contribution in [0.25, 0.3) is 0 Å². The number of rotatable bonds is 6.